The molecule has 1 amide bonds. The van der Waals surface area contributed by atoms with E-state index >= 15 is 0 Å². The Kier molecular flexibility index (Phi) is 4.96. The summed E-state index contributed by atoms with van der Waals surface area (Å²) in [5.74, 6) is 0.647. The zero-order valence-electron chi connectivity index (χ0n) is 11.9. The Morgan fingerprint density at radius 1 is 1.58 bits per heavy atom. The van der Waals surface area contributed by atoms with Gasteiger partial charge in [0.15, 0.2) is 0 Å². The first-order valence-electron chi connectivity index (χ1n) is 7.15. The van der Waals surface area contributed by atoms with Crippen LogP contribution in [0.5, 0.6) is 0 Å². The monoisotopic (exact) mass is 264 g/mol. The number of aromatic nitrogens is 2. The van der Waals surface area contributed by atoms with E-state index in [0.717, 1.165) is 25.2 Å². The van der Waals surface area contributed by atoms with Gasteiger partial charge < -0.3 is 10.2 Å². The molecule has 5 nitrogen and oxygen atoms in total. The van der Waals surface area contributed by atoms with E-state index in [0.29, 0.717) is 12.5 Å². The highest BCUT2D eigenvalue weighted by Gasteiger charge is 2.19. The quantitative estimate of drug-likeness (QED) is 0.864. The molecule has 5 heteroatoms. The van der Waals surface area contributed by atoms with E-state index < -0.39 is 0 Å². The second-order valence-corrected chi connectivity index (χ2v) is 5.42. The first kappa shape index (κ1) is 14.1. The molecule has 2 rings (SSSR count). The van der Waals surface area contributed by atoms with Crippen LogP contribution in [-0.4, -0.2) is 46.8 Å². The van der Waals surface area contributed by atoms with Crippen molar-refractivity contribution in [1.29, 1.82) is 0 Å². The summed E-state index contributed by atoms with van der Waals surface area (Å²) in [5.41, 5.74) is 1.08. The van der Waals surface area contributed by atoms with Crippen molar-refractivity contribution in [3.05, 3.63) is 18.0 Å². The maximum Gasteiger partial charge on any atom is 0.241 e. The molecule has 1 aromatic rings. The number of likely N-dealkylation sites (tertiary alicyclic amines) is 1. The molecule has 0 saturated carbocycles. The third-order valence-corrected chi connectivity index (χ3v) is 3.71. The molecular formula is C14H24N4O. The van der Waals surface area contributed by atoms with Gasteiger partial charge in [-0.3, -0.25) is 9.48 Å². The summed E-state index contributed by atoms with van der Waals surface area (Å²) in [5, 5.41) is 7.15. The van der Waals surface area contributed by atoms with Crippen LogP contribution in [0.15, 0.2) is 12.4 Å². The second-order valence-electron chi connectivity index (χ2n) is 5.42. The van der Waals surface area contributed by atoms with Crippen molar-refractivity contribution in [1.82, 2.24) is 20.0 Å². The highest BCUT2D eigenvalue weighted by Crippen LogP contribution is 2.15. The van der Waals surface area contributed by atoms with Gasteiger partial charge in [0.25, 0.3) is 0 Å². The van der Waals surface area contributed by atoms with Crippen molar-refractivity contribution in [2.45, 2.75) is 33.2 Å². The molecule has 19 heavy (non-hydrogen) atoms. The van der Waals surface area contributed by atoms with Crippen LogP contribution in [0.25, 0.3) is 0 Å². The largest absolute Gasteiger partial charge is 0.354 e. The summed E-state index contributed by atoms with van der Waals surface area (Å²) in [4.78, 5) is 14.3. The molecule has 1 aliphatic rings. The summed E-state index contributed by atoms with van der Waals surface area (Å²) >= 11 is 0. The fourth-order valence-corrected chi connectivity index (χ4v) is 2.62. The maximum absolute atomic E-state index is 11.8. The molecule has 0 radical (unpaired) electrons. The number of piperidine rings is 1. The number of hydrogen-bond acceptors (Lipinski definition) is 3. The van der Waals surface area contributed by atoms with Crippen molar-refractivity contribution >= 4 is 5.91 Å². The van der Waals surface area contributed by atoms with E-state index in [1.165, 1.54) is 19.4 Å². The molecule has 1 saturated heterocycles. The Hall–Kier alpha value is -1.36. The Labute approximate surface area is 115 Å². The molecule has 0 spiro atoms. The Balaban J connectivity index is 1.71. The van der Waals surface area contributed by atoms with Crippen molar-refractivity contribution in [2.75, 3.05) is 26.2 Å². The van der Waals surface area contributed by atoms with Crippen LogP contribution in [-0.2, 0) is 11.3 Å². The molecule has 2 heterocycles. The summed E-state index contributed by atoms with van der Waals surface area (Å²) < 4.78 is 1.68. The molecule has 1 aliphatic heterocycles. The van der Waals surface area contributed by atoms with Crippen molar-refractivity contribution < 1.29 is 4.79 Å². The predicted molar refractivity (Wildman–Crippen MR) is 74.8 cm³/mol. The number of hydrogen-bond donors (Lipinski definition) is 1. The molecule has 1 atom stereocenters. The van der Waals surface area contributed by atoms with Crippen LogP contribution in [0.4, 0.5) is 0 Å². The Morgan fingerprint density at radius 3 is 3.11 bits per heavy atom. The minimum atomic E-state index is 0.0525. The maximum atomic E-state index is 11.8. The van der Waals surface area contributed by atoms with Gasteiger partial charge in [-0.2, -0.15) is 5.10 Å². The normalized spacial score (nSPS) is 20.4. The lowest BCUT2D eigenvalue weighted by atomic mass is 9.98. The van der Waals surface area contributed by atoms with Crippen LogP contribution in [0.2, 0.25) is 0 Å². The van der Waals surface area contributed by atoms with Crippen LogP contribution in [0, 0.1) is 12.8 Å². The van der Waals surface area contributed by atoms with Crippen LogP contribution >= 0.6 is 0 Å². The Morgan fingerprint density at radius 2 is 2.42 bits per heavy atom. The third kappa shape index (κ3) is 4.35. The first-order valence-corrected chi connectivity index (χ1v) is 7.15. The van der Waals surface area contributed by atoms with Crippen LogP contribution in [0.3, 0.4) is 0 Å². The minimum absolute atomic E-state index is 0.0525. The number of nitrogens with one attached hydrogen (secondary N) is 1. The minimum Gasteiger partial charge on any atom is -0.354 e. The fraction of sp³-hybridized carbons (Fsp3) is 0.714. The summed E-state index contributed by atoms with van der Waals surface area (Å²) in [6.07, 6.45) is 6.12. The topological polar surface area (TPSA) is 50.2 Å². The average molecular weight is 264 g/mol. The molecule has 106 valence electrons. The molecule has 1 fully saturated rings. The van der Waals surface area contributed by atoms with Crippen LogP contribution < -0.4 is 5.32 Å². The highest BCUT2D eigenvalue weighted by atomic mass is 16.2. The average Bonchev–Trinajstić information content (AvgIpc) is 2.82. The molecule has 0 unspecified atom stereocenters. The van der Waals surface area contributed by atoms with Crippen molar-refractivity contribution in [3.63, 3.8) is 0 Å². The number of rotatable bonds is 5. The number of nitrogens with zero attached hydrogens (tertiary/aromatic N) is 3. The van der Waals surface area contributed by atoms with E-state index in [1.807, 2.05) is 13.1 Å². The highest BCUT2D eigenvalue weighted by molar-refractivity contribution is 5.75. The lowest BCUT2D eigenvalue weighted by molar-refractivity contribution is -0.122. The van der Waals surface area contributed by atoms with Gasteiger partial charge in [0.1, 0.15) is 6.54 Å². The van der Waals surface area contributed by atoms with Gasteiger partial charge in [0.2, 0.25) is 5.91 Å². The second kappa shape index (κ2) is 6.70. The van der Waals surface area contributed by atoms with E-state index in [4.69, 9.17) is 0 Å². The summed E-state index contributed by atoms with van der Waals surface area (Å²) in [6.45, 7) is 8.69. The van der Waals surface area contributed by atoms with E-state index in [2.05, 4.69) is 22.2 Å². The molecule has 1 N–H and O–H groups in total. The van der Waals surface area contributed by atoms with E-state index in [9.17, 15) is 4.79 Å². The van der Waals surface area contributed by atoms with Gasteiger partial charge in [-0.1, -0.05) is 6.92 Å². The molecule has 0 bridgehead atoms. The summed E-state index contributed by atoms with van der Waals surface area (Å²) in [6, 6.07) is 0. The van der Waals surface area contributed by atoms with Gasteiger partial charge in [-0.05, 0) is 44.3 Å². The fourth-order valence-electron chi connectivity index (χ4n) is 2.62. The first-order chi connectivity index (χ1) is 9.17. The van der Waals surface area contributed by atoms with Gasteiger partial charge in [0, 0.05) is 19.3 Å². The molecule has 0 aromatic carbocycles. The van der Waals surface area contributed by atoms with E-state index in [-0.39, 0.29) is 5.91 Å². The zero-order chi connectivity index (χ0) is 13.7. The van der Waals surface area contributed by atoms with Gasteiger partial charge in [-0.25, -0.2) is 0 Å². The smallest absolute Gasteiger partial charge is 0.241 e. The zero-order valence-corrected chi connectivity index (χ0v) is 11.9. The van der Waals surface area contributed by atoms with Crippen molar-refractivity contribution in [3.8, 4) is 0 Å². The number of amides is 1. The Bertz CT molecular complexity index is 415. The van der Waals surface area contributed by atoms with Crippen LogP contribution in [0.1, 0.15) is 25.3 Å². The third-order valence-electron chi connectivity index (χ3n) is 3.71. The molecule has 0 aliphatic carbocycles. The van der Waals surface area contributed by atoms with Gasteiger partial charge >= 0.3 is 0 Å². The van der Waals surface area contributed by atoms with Gasteiger partial charge in [-0.15, -0.1) is 0 Å². The lowest BCUT2D eigenvalue weighted by Gasteiger charge is -2.31. The van der Waals surface area contributed by atoms with Crippen molar-refractivity contribution in [2.24, 2.45) is 5.92 Å². The number of aryl methyl sites for hydroxylation is 1. The standard InChI is InChI=1S/C14H24N4O/c1-3-17-6-4-5-13(10-17)8-15-14(19)11-18-9-12(2)7-16-18/h7,9,13H,3-6,8,10-11H2,1-2H3,(H,15,19)/t13-/m0/s1. The summed E-state index contributed by atoms with van der Waals surface area (Å²) in [7, 11) is 0. The van der Waals surface area contributed by atoms with E-state index in [1.54, 1.807) is 10.9 Å². The molecule has 1 aromatic heterocycles. The SMILES string of the molecule is CCN1CCC[C@@H](CNC(=O)Cn2cc(C)cn2)C1. The number of carbonyl (C=O) groups excluding carboxylic acids is 1. The lowest BCUT2D eigenvalue weighted by Crippen LogP contribution is -2.41. The predicted octanol–water partition coefficient (Wildman–Crippen LogP) is 1.04. The number of carbonyl (C=O) groups is 1. The molecular weight excluding hydrogens is 240 g/mol. The van der Waals surface area contributed by atoms with Gasteiger partial charge in [0.05, 0.1) is 6.20 Å².